The molecule has 0 aliphatic carbocycles. The van der Waals surface area contributed by atoms with Crippen molar-refractivity contribution in [3.05, 3.63) is 76.0 Å². The van der Waals surface area contributed by atoms with Gasteiger partial charge < -0.3 is 14.5 Å². The van der Waals surface area contributed by atoms with Crippen LogP contribution >= 0.6 is 15.9 Å². The molecular weight excluding hydrogens is 438 g/mol. The van der Waals surface area contributed by atoms with E-state index in [4.69, 9.17) is 4.42 Å². The van der Waals surface area contributed by atoms with E-state index in [9.17, 15) is 9.59 Å². The fourth-order valence-corrected chi connectivity index (χ4v) is 2.75. The van der Waals surface area contributed by atoms with E-state index in [1.54, 1.807) is 42.5 Å². The van der Waals surface area contributed by atoms with Crippen molar-refractivity contribution in [2.75, 3.05) is 12.4 Å². The summed E-state index contributed by atoms with van der Waals surface area (Å²) < 4.78 is 11.3. The van der Waals surface area contributed by atoms with Crippen LogP contribution in [0.15, 0.2) is 68.6 Å². The van der Waals surface area contributed by atoms with Crippen molar-refractivity contribution in [1.29, 1.82) is 0 Å². The van der Waals surface area contributed by atoms with Crippen LogP contribution in [0.25, 0.3) is 11.3 Å². The zero-order valence-electron chi connectivity index (χ0n) is 15.7. The minimum Gasteiger partial charge on any atom is -0.465 e. The smallest absolute Gasteiger partial charge is 0.339 e. The number of anilines is 1. The van der Waals surface area contributed by atoms with Gasteiger partial charge in [-0.1, -0.05) is 28.1 Å². The van der Waals surface area contributed by atoms with E-state index in [2.05, 4.69) is 36.5 Å². The van der Waals surface area contributed by atoms with Crippen molar-refractivity contribution < 1.29 is 18.7 Å². The number of aryl methyl sites for hydroxylation is 1. The van der Waals surface area contributed by atoms with Crippen molar-refractivity contribution >= 4 is 39.8 Å². The third-order valence-corrected chi connectivity index (χ3v) is 4.88. The van der Waals surface area contributed by atoms with Gasteiger partial charge in [0, 0.05) is 15.7 Å². The maximum Gasteiger partial charge on any atom is 0.339 e. The number of benzene rings is 2. The van der Waals surface area contributed by atoms with Crippen molar-refractivity contribution in [3.8, 4) is 11.3 Å². The van der Waals surface area contributed by atoms with Crippen molar-refractivity contribution in [3.63, 3.8) is 0 Å². The molecule has 0 aliphatic rings. The van der Waals surface area contributed by atoms with Crippen LogP contribution in [0.3, 0.4) is 0 Å². The number of hydrazone groups is 1. The predicted molar refractivity (Wildman–Crippen MR) is 114 cm³/mol. The van der Waals surface area contributed by atoms with Crippen LogP contribution in [-0.4, -0.2) is 25.3 Å². The second-order valence-corrected chi connectivity index (χ2v) is 6.91. The Morgan fingerprint density at radius 1 is 1.10 bits per heavy atom. The Kier molecular flexibility index (Phi) is 6.46. The van der Waals surface area contributed by atoms with Gasteiger partial charge in [0.25, 0.3) is 0 Å². The molecule has 7 nitrogen and oxygen atoms in total. The minimum absolute atomic E-state index is 0.397. The number of furan rings is 1. The molecule has 0 atom stereocenters. The molecule has 1 aromatic heterocycles. The van der Waals surface area contributed by atoms with Crippen molar-refractivity contribution in [2.45, 2.75) is 6.92 Å². The van der Waals surface area contributed by atoms with Crippen LogP contribution in [-0.2, 0) is 4.74 Å². The second-order valence-electron chi connectivity index (χ2n) is 6.06. The summed E-state index contributed by atoms with van der Waals surface area (Å²) in [5.74, 6) is 0.681. The average Bonchev–Trinajstić information content (AvgIpc) is 3.19. The van der Waals surface area contributed by atoms with Crippen LogP contribution in [0, 0.1) is 6.92 Å². The molecule has 2 amide bonds. The van der Waals surface area contributed by atoms with Gasteiger partial charge in [-0.15, -0.1) is 0 Å². The zero-order valence-corrected chi connectivity index (χ0v) is 17.3. The van der Waals surface area contributed by atoms with Crippen molar-refractivity contribution in [1.82, 2.24) is 5.43 Å². The highest BCUT2D eigenvalue weighted by Crippen LogP contribution is 2.22. The standard InChI is InChI=1S/C21H18BrN3O4/c1-13-11-16(7-9-18(13)22)24-21(27)25-23-12-17-8-10-19(29-17)14-3-5-15(6-4-14)20(26)28-2/h3-12H,1-2H3,(H2,24,25,27)/b23-12+. The lowest BCUT2D eigenvalue weighted by molar-refractivity contribution is 0.0600. The molecule has 8 heteroatoms. The Balaban J connectivity index is 1.58. The Morgan fingerprint density at radius 3 is 2.55 bits per heavy atom. The molecule has 0 aliphatic heterocycles. The first kappa shape index (κ1) is 20.3. The van der Waals surface area contributed by atoms with E-state index in [-0.39, 0.29) is 0 Å². The molecule has 2 N–H and O–H groups in total. The molecule has 3 rings (SSSR count). The first-order chi connectivity index (χ1) is 14.0. The summed E-state index contributed by atoms with van der Waals surface area (Å²) in [6, 6.07) is 15.4. The number of hydrogen-bond acceptors (Lipinski definition) is 5. The van der Waals surface area contributed by atoms with Crippen LogP contribution in [0.1, 0.15) is 21.7 Å². The number of urea groups is 1. The number of ether oxygens (including phenoxy) is 1. The lowest BCUT2D eigenvalue weighted by Gasteiger charge is -2.05. The first-order valence-corrected chi connectivity index (χ1v) is 9.40. The molecule has 29 heavy (non-hydrogen) atoms. The summed E-state index contributed by atoms with van der Waals surface area (Å²) >= 11 is 3.41. The van der Waals surface area contributed by atoms with Gasteiger partial charge in [-0.25, -0.2) is 15.0 Å². The minimum atomic E-state index is -0.465. The summed E-state index contributed by atoms with van der Waals surface area (Å²) in [6.45, 7) is 1.93. The maximum atomic E-state index is 11.9. The quantitative estimate of drug-likeness (QED) is 0.323. The maximum absolute atomic E-state index is 11.9. The van der Waals surface area contributed by atoms with Gasteiger partial charge in [0.2, 0.25) is 0 Å². The fraction of sp³-hybridized carbons (Fsp3) is 0.0952. The molecule has 0 radical (unpaired) electrons. The third-order valence-electron chi connectivity index (χ3n) is 3.99. The van der Waals surface area contributed by atoms with Gasteiger partial charge in [0.1, 0.15) is 11.5 Å². The van der Waals surface area contributed by atoms with E-state index in [0.717, 1.165) is 15.6 Å². The Bertz CT molecular complexity index is 1060. The van der Waals surface area contributed by atoms with Gasteiger partial charge in [0.15, 0.2) is 0 Å². The topological polar surface area (TPSA) is 92.9 Å². The molecule has 0 unspecified atom stereocenters. The van der Waals surface area contributed by atoms with Gasteiger partial charge in [-0.05, 0) is 55.0 Å². The van der Waals surface area contributed by atoms with Gasteiger partial charge in [-0.3, -0.25) is 0 Å². The number of rotatable bonds is 5. The normalized spacial score (nSPS) is 10.7. The molecule has 3 aromatic rings. The second kappa shape index (κ2) is 9.20. The average molecular weight is 456 g/mol. The van der Waals surface area contributed by atoms with Crippen LogP contribution in [0.4, 0.5) is 10.5 Å². The zero-order chi connectivity index (χ0) is 20.8. The number of nitrogens with zero attached hydrogens (tertiary/aromatic N) is 1. The fourth-order valence-electron chi connectivity index (χ4n) is 2.50. The molecule has 148 valence electrons. The Labute approximate surface area is 175 Å². The SMILES string of the molecule is COC(=O)c1ccc(-c2ccc(/C=N/NC(=O)Nc3ccc(Br)c(C)c3)o2)cc1. The van der Waals surface area contributed by atoms with E-state index in [0.29, 0.717) is 22.8 Å². The number of nitrogens with one attached hydrogen (secondary N) is 2. The van der Waals surface area contributed by atoms with Gasteiger partial charge >= 0.3 is 12.0 Å². The molecule has 2 aromatic carbocycles. The highest BCUT2D eigenvalue weighted by atomic mass is 79.9. The number of carbonyl (C=O) groups excluding carboxylic acids is 2. The van der Waals surface area contributed by atoms with E-state index >= 15 is 0 Å². The summed E-state index contributed by atoms with van der Waals surface area (Å²) in [4.78, 5) is 23.4. The summed E-state index contributed by atoms with van der Waals surface area (Å²) in [5, 5.41) is 6.58. The molecule has 0 saturated heterocycles. The van der Waals surface area contributed by atoms with E-state index < -0.39 is 12.0 Å². The largest absolute Gasteiger partial charge is 0.465 e. The van der Waals surface area contributed by atoms with Gasteiger partial charge in [-0.2, -0.15) is 5.10 Å². The monoisotopic (exact) mass is 455 g/mol. The molecule has 0 saturated carbocycles. The van der Waals surface area contributed by atoms with Crippen LogP contribution in [0.5, 0.6) is 0 Å². The van der Waals surface area contributed by atoms with E-state index in [1.165, 1.54) is 13.3 Å². The number of carbonyl (C=O) groups is 2. The number of methoxy groups -OCH3 is 1. The Morgan fingerprint density at radius 2 is 1.86 bits per heavy atom. The van der Waals surface area contributed by atoms with E-state index in [1.807, 2.05) is 19.1 Å². The third kappa shape index (κ3) is 5.32. The number of halogens is 1. The highest BCUT2D eigenvalue weighted by Gasteiger charge is 2.08. The molecule has 0 fully saturated rings. The highest BCUT2D eigenvalue weighted by molar-refractivity contribution is 9.10. The molecule has 1 heterocycles. The lowest BCUT2D eigenvalue weighted by Crippen LogP contribution is -2.24. The molecular formula is C21H18BrN3O4. The predicted octanol–water partition coefficient (Wildman–Crippen LogP) is 4.96. The number of esters is 1. The Hall–Kier alpha value is -3.39. The summed E-state index contributed by atoms with van der Waals surface area (Å²) in [5.41, 5.74) is 5.31. The van der Waals surface area contributed by atoms with Crippen molar-refractivity contribution in [2.24, 2.45) is 5.10 Å². The first-order valence-electron chi connectivity index (χ1n) is 8.61. The summed E-state index contributed by atoms with van der Waals surface area (Å²) in [7, 11) is 1.34. The number of amides is 2. The lowest BCUT2D eigenvalue weighted by atomic mass is 10.1. The van der Waals surface area contributed by atoms with Gasteiger partial charge in [0.05, 0.1) is 18.9 Å². The van der Waals surface area contributed by atoms with Crippen LogP contribution in [0.2, 0.25) is 0 Å². The molecule has 0 spiro atoms. The van der Waals surface area contributed by atoms with Crippen LogP contribution < -0.4 is 10.7 Å². The summed E-state index contributed by atoms with van der Waals surface area (Å²) in [6.07, 6.45) is 1.40. The molecule has 0 bridgehead atoms. The number of hydrogen-bond donors (Lipinski definition) is 2.